The second kappa shape index (κ2) is 10.1. The number of ether oxygens (including phenoxy) is 1. The van der Waals surface area contributed by atoms with Crippen molar-refractivity contribution in [2.24, 2.45) is 0 Å². The highest BCUT2D eigenvalue weighted by Gasteiger charge is 2.25. The highest BCUT2D eigenvalue weighted by molar-refractivity contribution is 6.14. The molecule has 1 aliphatic carbocycles. The van der Waals surface area contributed by atoms with Gasteiger partial charge >= 0.3 is 0 Å². The number of nitrogens with zero attached hydrogens (tertiary/aromatic N) is 3. The lowest BCUT2D eigenvalue weighted by Crippen LogP contribution is -2.36. The number of amides is 1. The molecular weight excluding hydrogens is 504 g/mol. The summed E-state index contributed by atoms with van der Waals surface area (Å²) in [5.74, 6) is 2.18. The molecule has 0 radical (unpaired) electrons. The van der Waals surface area contributed by atoms with Crippen LogP contribution >= 0.6 is 0 Å². The predicted octanol–water partition coefficient (Wildman–Crippen LogP) is 6.88. The van der Waals surface area contributed by atoms with Crippen molar-refractivity contribution in [2.75, 3.05) is 7.11 Å². The fraction of sp³-hybridized carbons (Fsp3) is 0.419. The SMILES string of the molecule is COc1cc2c(cc1-c1c(C)noc1C)[nH]c1nc(C)nc(-c3cc(C(=O)NC4CCCCC4)[nH]c3C(C)C)c12. The Kier molecular flexibility index (Phi) is 6.60. The molecule has 0 bridgehead atoms. The number of aromatic amines is 2. The molecule has 1 saturated carbocycles. The summed E-state index contributed by atoms with van der Waals surface area (Å²) in [5.41, 5.74) is 7.50. The molecule has 1 fully saturated rings. The summed E-state index contributed by atoms with van der Waals surface area (Å²) in [6.07, 6.45) is 5.65. The summed E-state index contributed by atoms with van der Waals surface area (Å²) in [4.78, 5) is 29.9. The first-order chi connectivity index (χ1) is 19.2. The van der Waals surface area contributed by atoms with Crippen molar-refractivity contribution >= 4 is 27.8 Å². The van der Waals surface area contributed by atoms with Gasteiger partial charge in [-0.25, -0.2) is 9.97 Å². The Morgan fingerprint density at radius 3 is 2.50 bits per heavy atom. The molecule has 4 heterocycles. The van der Waals surface area contributed by atoms with Crippen LogP contribution in [0.25, 0.3) is 44.3 Å². The van der Waals surface area contributed by atoms with Gasteiger partial charge in [0.05, 0.1) is 29.4 Å². The maximum Gasteiger partial charge on any atom is 0.267 e. The third-order valence-electron chi connectivity index (χ3n) is 8.05. The van der Waals surface area contributed by atoms with Crippen LogP contribution in [0.4, 0.5) is 0 Å². The molecule has 4 aromatic heterocycles. The van der Waals surface area contributed by atoms with Gasteiger partial charge in [-0.15, -0.1) is 0 Å². The maximum atomic E-state index is 13.3. The first kappa shape index (κ1) is 26.1. The van der Waals surface area contributed by atoms with E-state index in [4.69, 9.17) is 19.2 Å². The van der Waals surface area contributed by atoms with Gasteiger partial charge < -0.3 is 24.5 Å². The Bertz CT molecular complexity index is 1720. The topological polar surface area (TPSA) is 122 Å². The average Bonchev–Trinajstić information content (AvgIpc) is 3.62. The van der Waals surface area contributed by atoms with Crippen molar-refractivity contribution in [1.29, 1.82) is 0 Å². The summed E-state index contributed by atoms with van der Waals surface area (Å²) in [6, 6.07) is 6.26. The molecule has 0 saturated heterocycles. The molecule has 0 spiro atoms. The van der Waals surface area contributed by atoms with E-state index in [0.717, 1.165) is 74.3 Å². The van der Waals surface area contributed by atoms with Crippen LogP contribution in [0.5, 0.6) is 5.75 Å². The second-order valence-electron chi connectivity index (χ2n) is 11.2. The van der Waals surface area contributed by atoms with Crippen LogP contribution in [0.2, 0.25) is 0 Å². The highest BCUT2D eigenvalue weighted by Crippen LogP contribution is 2.42. The Hall–Kier alpha value is -4.14. The Morgan fingerprint density at radius 2 is 1.82 bits per heavy atom. The number of hydrogen-bond donors (Lipinski definition) is 3. The van der Waals surface area contributed by atoms with E-state index in [2.05, 4.69) is 40.4 Å². The molecule has 1 aromatic carbocycles. The van der Waals surface area contributed by atoms with Crippen molar-refractivity contribution in [3.8, 4) is 28.1 Å². The van der Waals surface area contributed by atoms with Crippen molar-refractivity contribution in [2.45, 2.75) is 78.7 Å². The van der Waals surface area contributed by atoms with Crippen molar-refractivity contribution in [3.05, 3.63) is 46.9 Å². The molecule has 40 heavy (non-hydrogen) atoms. The van der Waals surface area contributed by atoms with E-state index in [9.17, 15) is 4.79 Å². The van der Waals surface area contributed by atoms with Gasteiger partial charge in [0.25, 0.3) is 5.91 Å². The standard InChI is InChI=1S/C31H36N6O3/c1-15(2)28-22(13-24(35-28)31(38)34-19-10-8-7-9-11-19)29-27-20-14-25(39-6)21(26-16(3)37-40-17(26)4)12-23(20)36-30(27)33-18(5)32-29/h12-15,19,35H,7-11H2,1-6H3,(H,34,38)(H,32,33,36). The monoisotopic (exact) mass is 540 g/mol. The fourth-order valence-electron chi connectivity index (χ4n) is 6.12. The van der Waals surface area contributed by atoms with E-state index >= 15 is 0 Å². The van der Waals surface area contributed by atoms with E-state index in [1.165, 1.54) is 19.3 Å². The molecule has 9 nitrogen and oxygen atoms in total. The van der Waals surface area contributed by atoms with Crippen LogP contribution < -0.4 is 10.1 Å². The van der Waals surface area contributed by atoms with Crippen LogP contribution in [0.3, 0.4) is 0 Å². The predicted molar refractivity (Wildman–Crippen MR) is 156 cm³/mol. The van der Waals surface area contributed by atoms with Crippen LogP contribution in [0.1, 0.15) is 85.3 Å². The number of methoxy groups -OCH3 is 1. The third-order valence-corrected chi connectivity index (χ3v) is 8.05. The summed E-state index contributed by atoms with van der Waals surface area (Å²) in [6.45, 7) is 9.96. The second-order valence-corrected chi connectivity index (χ2v) is 11.2. The molecule has 0 atom stereocenters. The van der Waals surface area contributed by atoms with Crippen LogP contribution in [-0.4, -0.2) is 44.2 Å². The zero-order valence-corrected chi connectivity index (χ0v) is 24.0. The molecule has 3 N–H and O–H groups in total. The first-order valence-corrected chi connectivity index (χ1v) is 14.1. The average molecular weight is 541 g/mol. The number of carbonyl (C=O) groups excluding carboxylic acids is 1. The van der Waals surface area contributed by atoms with Gasteiger partial charge in [0.2, 0.25) is 0 Å². The smallest absolute Gasteiger partial charge is 0.267 e. The van der Waals surface area contributed by atoms with Crippen LogP contribution in [0.15, 0.2) is 22.7 Å². The molecule has 0 unspecified atom stereocenters. The van der Waals surface area contributed by atoms with Gasteiger partial charge in [0.15, 0.2) is 0 Å². The number of carbonyl (C=O) groups is 1. The van der Waals surface area contributed by atoms with Gasteiger partial charge in [-0.05, 0) is 57.7 Å². The zero-order chi connectivity index (χ0) is 28.1. The summed E-state index contributed by atoms with van der Waals surface area (Å²) >= 11 is 0. The largest absolute Gasteiger partial charge is 0.496 e. The minimum Gasteiger partial charge on any atom is -0.496 e. The van der Waals surface area contributed by atoms with E-state index in [1.807, 2.05) is 32.9 Å². The minimum atomic E-state index is -0.0632. The van der Waals surface area contributed by atoms with Gasteiger partial charge in [-0.2, -0.15) is 0 Å². The van der Waals surface area contributed by atoms with E-state index in [-0.39, 0.29) is 17.9 Å². The number of benzene rings is 1. The molecule has 208 valence electrons. The summed E-state index contributed by atoms with van der Waals surface area (Å²) in [5, 5.41) is 9.22. The molecular formula is C31H36N6O3. The minimum absolute atomic E-state index is 0.0632. The number of aryl methyl sites for hydroxylation is 3. The van der Waals surface area contributed by atoms with E-state index < -0.39 is 0 Å². The molecule has 6 rings (SSSR count). The molecule has 9 heteroatoms. The molecule has 5 aromatic rings. The Balaban J connectivity index is 1.52. The number of hydrogen-bond acceptors (Lipinski definition) is 6. The van der Waals surface area contributed by atoms with Crippen molar-refractivity contribution in [1.82, 2.24) is 30.4 Å². The van der Waals surface area contributed by atoms with Gasteiger partial charge in [0.1, 0.15) is 28.7 Å². The van der Waals surface area contributed by atoms with Gasteiger partial charge in [-0.1, -0.05) is 38.3 Å². The van der Waals surface area contributed by atoms with Crippen molar-refractivity contribution < 1.29 is 14.1 Å². The molecule has 1 aliphatic rings. The van der Waals surface area contributed by atoms with Gasteiger partial charge in [-0.3, -0.25) is 4.79 Å². The molecule has 0 aliphatic heterocycles. The number of rotatable bonds is 6. The number of fused-ring (bicyclic) bond motifs is 3. The third kappa shape index (κ3) is 4.43. The number of H-pyrrole nitrogens is 2. The highest BCUT2D eigenvalue weighted by atomic mass is 16.5. The lowest BCUT2D eigenvalue weighted by atomic mass is 9.95. The lowest BCUT2D eigenvalue weighted by Gasteiger charge is -2.22. The van der Waals surface area contributed by atoms with E-state index in [1.54, 1.807) is 7.11 Å². The van der Waals surface area contributed by atoms with Crippen LogP contribution in [0, 0.1) is 20.8 Å². The summed E-state index contributed by atoms with van der Waals surface area (Å²) < 4.78 is 11.3. The van der Waals surface area contributed by atoms with Crippen molar-refractivity contribution in [3.63, 3.8) is 0 Å². The number of nitrogens with one attached hydrogen (secondary N) is 3. The van der Waals surface area contributed by atoms with Crippen LogP contribution in [-0.2, 0) is 0 Å². The lowest BCUT2D eigenvalue weighted by molar-refractivity contribution is 0.0923. The zero-order valence-electron chi connectivity index (χ0n) is 24.0. The quantitative estimate of drug-likeness (QED) is 0.216. The normalized spacial score (nSPS) is 14.5. The van der Waals surface area contributed by atoms with E-state index in [0.29, 0.717) is 17.3 Å². The van der Waals surface area contributed by atoms with Gasteiger partial charge in [0, 0.05) is 33.8 Å². The molecule has 1 amide bonds. The maximum absolute atomic E-state index is 13.3. The summed E-state index contributed by atoms with van der Waals surface area (Å²) in [7, 11) is 1.67. The Morgan fingerprint density at radius 1 is 1.05 bits per heavy atom. The number of aromatic nitrogens is 5. The Labute approximate surface area is 233 Å². The first-order valence-electron chi connectivity index (χ1n) is 14.1. The fourth-order valence-corrected chi connectivity index (χ4v) is 6.12.